The Morgan fingerprint density at radius 1 is 0.740 bits per heavy atom. The second-order valence-corrected chi connectivity index (χ2v) is 18.7. The summed E-state index contributed by atoms with van der Waals surface area (Å²) in [6.45, 7) is 10.9. The maximum absolute atomic E-state index is 14.2. The van der Waals surface area contributed by atoms with Crippen LogP contribution in [0.3, 0.4) is 0 Å². The average Bonchev–Trinajstić information content (AvgIpc) is 3.93. The summed E-state index contributed by atoms with van der Waals surface area (Å²) < 4.78 is 41.6. The predicted molar refractivity (Wildman–Crippen MR) is 270 cm³/mol. The molecule has 2 atom stereocenters. The van der Waals surface area contributed by atoms with Crippen molar-refractivity contribution in [3.05, 3.63) is 112 Å². The Morgan fingerprint density at radius 2 is 1.19 bits per heavy atom. The number of imidazole rings is 2. The van der Waals surface area contributed by atoms with Crippen LogP contribution in [0.5, 0.6) is 0 Å². The van der Waals surface area contributed by atoms with E-state index in [1.54, 1.807) is 43.8 Å². The lowest BCUT2D eigenvalue weighted by molar-refractivity contribution is 0.0499. The van der Waals surface area contributed by atoms with Gasteiger partial charge in [-0.05, 0) is 83.6 Å². The van der Waals surface area contributed by atoms with E-state index in [0.717, 1.165) is 47.4 Å². The first-order valence-corrected chi connectivity index (χ1v) is 23.6. The number of ether oxygens (including phenoxy) is 1. The van der Waals surface area contributed by atoms with Crippen LogP contribution in [0.15, 0.2) is 55.6 Å². The minimum Gasteiger partial charge on any atom is -0.444 e. The highest BCUT2D eigenvalue weighted by Gasteiger charge is 2.30. The zero-order valence-corrected chi connectivity index (χ0v) is 41.8. The van der Waals surface area contributed by atoms with Gasteiger partial charge in [0, 0.05) is 52.4 Å². The maximum atomic E-state index is 14.2. The van der Waals surface area contributed by atoms with Gasteiger partial charge in [0.2, 0.25) is 11.9 Å². The number of fused-ring (bicyclic) bond motifs is 2. The molecule has 22 heteroatoms. The lowest BCUT2D eigenvalue weighted by Gasteiger charge is -2.34. The molecule has 20 nitrogen and oxygen atoms in total. The molecule has 6 heterocycles. The number of hydrogen-bond acceptors (Lipinski definition) is 13. The number of nitriles is 2. The fraction of sp³-hybridized carbons (Fsp3) is 0.431. The lowest BCUT2D eigenvalue weighted by atomic mass is 10.1. The van der Waals surface area contributed by atoms with Crippen LogP contribution in [0.4, 0.5) is 25.5 Å². The maximum Gasteiger partial charge on any atom is 0.407 e. The smallest absolute Gasteiger partial charge is 0.407 e. The minimum atomic E-state index is -0.726. The Bertz CT molecular complexity index is 3600. The fourth-order valence-electron chi connectivity index (χ4n) is 9.03. The molecule has 8 rings (SSSR count). The topological polar surface area (TPSA) is 242 Å². The van der Waals surface area contributed by atoms with E-state index in [1.807, 2.05) is 21.9 Å². The van der Waals surface area contributed by atoms with Crippen molar-refractivity contribution in [1.82, 2.24) is 42.7 Å². The van der Waals surface area contributed by atoms with E-state index in [-0.39, 0.29) is 82.8 Å². The number of aryl methyl sites for hydroxylation is 2. The molecule has 4 aromatic heterocycles. The van der Waals surface area contributed by atoms with E-state index in [1.165, 1.54) is 53.6 Å². The SMILES string of the molecule is CC#CCn1c(N2CCC[C@@H](N)C2)nc2c1c(=O)n(Cc1cccc(F)c1C#N)c(=O)n2C.CC#CCn1c(N2CCC[C@@H](NC(=O)OC(C)(C)C)C2)nc2c1c(=O)n(Cc1cccc(F)c1C#N)c(=O)n2C. The van der Waals surface area contributed by atoms with Crippen LogP contribution in [0.25, 0.3) is 22.3 Å². The van der Waals surface area contributed by atoms with Crippen LogP contribution in [-0.4, -0.2) is 87.3 Å². The predicted octanol–water partition coefficient (Wildman–Crippen LogP) is 3.38. The van der Waals surface area contributed by atoms with Gasteiger partial charge in [-0.2, -0.15) is 20.5 Å². The van der Waals surface area contributed by atoms with E-state index in [9.17, 15) is 43.3 Å². The zero-order valence-electron chi connectivity index (χ0n) is 41.8. The van der Waals surface area contributed by atoms with Crippen molar-refractivity contribution >= 4 is 40.3 Å². The number of piperidine rings is 2. The molecule has 0 aliphatic carbocycles. The zero-order chi connectivity index (χ0) is 52.9. The number of carbonyl (C=O) groups excluding carboxylic acids is 1. The molecule has 2 aliphatic heterocycles. The Balaban J connectivity index is 0.000000218. The summed E-state index contributed by atoms with van der Waals surface area (Å²) in [7, 11) is 3.04. The number of benzene rings is 2. The number of halogens is 2. The van der Waals surface area contributed by atoms with Gasteiger partial charge < -0.3 is 25.6 Å². The molecule has 2 saturated heterocycles. The van der Waals surface area contributed by atoms with Gasteiger partial charge in [-0.15, -0.1) is 11.8 Å². The molecule has 0 radical (unpaired) electrons. The van der Waals surface area contributed by atoms with Gasteiger partial charge in [0.1, 0.15) is 29.4 Å². The highest BCUT2D eigenvalue weighted by Crippen LogP contribution is 2.26. The van der Waals surface area contributed by atoms with Crippen LogP contribution in [0.1, 0.15) is 82.6 Å². The van der Waals surface area contributed by atoms with Crippen LogP contribution >= 0.6 is 0 Å². The van der Waals surface area contributed by atoms with Crippen LogP contribution in [0.2, 0.25) is 0 Å². The summed E-state index contributed by atoms with van der Waals surface area (Å²) in [6, 6.07) is 11.6. The Labute approximate surface area is 418 Å². The van der Waals surface area contributed by atoms with Crippen LogP contribution < -0.4 is 43.3 Å². The van der Waals surface area contributed by atoms with Gasteiger partial charge in [0.05, 0.1) is 37.3 Å². The first-order chi connectivity index (χ1) is 34.8. The molecule has 0 unspecified atom stereocenters. The van der Waals surface area contributed by atoms with Crippen LogP contribution in [-0.2, 0) is 45.0 Å². The van der Waals surface area contributed by atoms with E-state index >= 15 is 0 Å². The highest BCUT2D eigenvalue weighted by molar-refractivity contribution is 5.76. The van der Waals surface area contributed by atoms with Crippen molar-refractivity contribution in [3.63, 3.8) is 0 Å². The molecule has 2 aromatic carbocycles. The standard InChI is InChI=1S/C28H32FN7O4.C23H24FN7O2/c1-6-7-14-35-22-23(32-25(35)34-13-9-11-19(17-34)31-26(38)40-28(2,3)4)33(5)27(39)36(24(22)37)16-18-10-8-12-21(29)20(18)15-30;1-3-4-11-30-19-20(27-22(30)29-10-6-8-16(26)14-29)28(2)23(33)31(21(19)32)13-15-7-5-9-18(24)17(15)12-25/h8,10,12,19H,9,11,13-14,16-17H2,1-5H3,(H,31,38);5,7,9,16H,6,8,10-11,13-14,26H2,1-2H3/t19-;16-/m11/s1. The van der Waals surface area contributed by atoms with Crippen molar-refractivity contribution in [2.75, 3.05) is 36.0 Å². The van der Waals surface area contributed by atoms with Gasteiger partial charge in [-0.1, -0.05) is 36.1 Å². The van der Waals surface area contributed by atoms with Crippen molar-refractivity contribution in [2.24, 2.45) is 19.8 Å². The second kappa shape index (κ2) is 21.9. The summed E-state index contributed by atoms with van der Waals surface area (Å²) in [4.78, 5) is 79.4. The third kappa shape index (κ3) is 10.9. The number of nitrogens with one attached hydrogen (secondary N) is 1. The molecule has 73 heavy (non-hydrogen) atoms. The summed E-state index contributed by atoms with van der Waals surface area (Å²) in [5, 5.41) is 21.7. The molecule has 1 amide bonds. The van der Waals surface area contributed by atoms with Crippen molar-refractivity contribution in [1.29, 1.82) is 10.5 Å². The van der Waals surface area contributed by atoms with E-state index < -0.39 is 45.8 Å². The molecule has 2 fully saturated rings. The summed E-state index contributed by atoms with van der Waals surface area (Å²) in [5.74, 6) is 11.2. The monoisotopic (exact) mass is 998 g/mol. The largest absolute Gasteiger partial charge is 0.444 e. The molecule has 0 saturated carbocycles. The Morgan fingerprint density at radius 3 is 1.62 bits per heavy atom. The summed E-state index contributed by atoms with van der Waals surface area (Å²) in [5.41, 5.74) is 3.95. The quantitative estimate of drug-likeness (QED) is 0.198. The third-order valence-electron chi connectivity index (χ3n) is 12.5. The van der Waals surface area contributed by atoms with Gasteiger partial charge in [0.25, 0.3) is 11.1 Å². The van der Waals surface area contributed by atoms with E-state index in [0.29, 0.717) is 31.5 Å². The van der Waals surface area contributed by atoms with E-state index in [4.69, 9.17) is 15.5 Å². The molecule has 6 aromatic rings. The van der Waals surface area contributed by atoms with Gasteiger partial charge in [0.15, 0.2) is 22.3 Å². The lowest BCUT2D eigenvalue weighted by Crippen LogP contribution is -2.49. The number of hydrogen-bond donors (Lipinski definition) is 2. The normalized spacial score (nSPS) is 15.6. The first-order valence-electron chi connectivity index (χ1n) is 23.6. The number of amides is 1. The van der Waals surface area contributed by atoms with Crippen molar-refractivity contribution < 1.29 is 18.3 Å². The fourth-order valence-corrected chi connectivity index (χ4v) is 9.03. The molecule has 0 spiro atoms. The third-order valence-corrected chi connectivity index (χ3v) is 12.5. The van der Waals surface area contributed by atoms with Crippen LogP contribution in [0, 0.1) is 58.0 Å². The number of aromatic nitrogens is 8. The molecular weight excluding hydrogens is 943 g/mol. The van der Waals surface area contributed by atoms with E-state index in [2.05, 4.69) is 34.0 Å². The highest BCUT2D eigenvalue weighted by atomic mass is 19.1. The molecule has 2 aliphatic rings. The summed E-state index contributed by atoms with van der Waals surface area (Å²) in [6.07, 6.45) is 2.78. The van der Waals surface area contributed by atoms with Gasteiger partial charge in [-0.3, -0.25) is 37.0 Å². The first kappa shape index (κ1) is 52.4. The molecule has 380 valence electrons. The Kier molecular flexibility index (Phi) is 15.7. The molecular formula is C51H56F2N14O6. The molecule has 3 N–H and O–H groups in total. The Hall–Kier alpha value is -8.47. The van der Waals surface area contributed by atoms with Crippen molar-refractivity contribution in [3.8, 4) is 35.8 Å². The second-order valence-electron chi connectivity index (χ2n) is 18.7. The van der Waals surface area contributed by atoms with Gasteiger partial charge in [-0.25, -0.2) is 23.2 Å². The average molecular weight is 999 g/mol. The minimum absolute atomic E-state index is 0.0119. The number of nitrogens with two attached hydrogens (primary N) is 1. The number of nitrogens with zero attached hydrogens (tertiary/aromatic N) is 12. The number of rotatable bonds is 9. The molecule has 0 bridgehead atoms. The number of alkyl carbamates (subject to hydrolysis) is 1. The van der Waals surface area contributed by atoms with Crippen molar-refractivity contribution in [2.45, 2.75) is 104 Å². The summed E-state index contributed by atoms with van der Waals surface area (Å²) >= 11 is 0. The van der Waals surface area contributed by atoms with Gasteiger partial charge >= 0.3 is 17.5 Å². The number of carbonyl (C=O) groups is 1. The number of anilines is 2.